The average molecular weight is 239 g/mol. The van der Waals surface area contributed by atoms with Crippen molar-refractivity contribution in [2.45, 2.75) is 33.2 Å². The van der Waals surface area contributed by atoms with Crippen molar-refractivity contribution in [3.63, 3.8) is 0 Å². The highest BCUT2D eigenvalue weighted by Gasteiger charge is 2.33. The Kier molecular flexibility index (Phi) is 2.06. The normalized spacial score (nSPS) is 35.3. The molecule has 0 saturated carbocycles. The van der Waals surface area contributed by atoms with E-state index in [2.05, 4.69) is 46.7 Å². The van der Waals surface area contributed by atoms with Gasteiger partial charge in [-0.2, -0.15) is 0 Å². The third-order valence-electron chi connectivity index (χ3n) is 1.91. The van der Waals surface area contributed by atoms with Crippen LogP contribution in [-0.2, 0) is 0 Å². The summed E-state index contributed by atoms with van der Waals surface area (Å²) in [5.41, 5.74) is 0.556. The van der Waals surface area contributed by atoms with E-state index in [1.165, 1.54) is 13.0 Å². The maximum absolute atomic E-state index is 2.42. The van der Waals surface area contributed by atoms with Crippen molar-refractivity contribution in [3.8, 4) is 0 Å². The highest BCUT2D eigenvalue weighted by atomic mass is 127. The summed E-state index contributed by atoms with van der Waals surface area (Å²) < 4.78 is 2.40. The maximum atomic E-state index is 2.42. The molecule has 0 spiro atoms. The Balaban J connectivity index is 2.54. The zero-order chi connectivity index (χ0) is 7.07. The Morgan fingerprint density at radius 1 is 1.56 bits per heavy atom. The van der Waals surface area contributed by atoms with Gasteiger partial charge < -0.3 is 0 Å². The molecule has 0 aliphatic carbocycles. The van der Waals surface area contributed by atoms with Gasteiger partial charge in [0.25, 0.3) is 0 Å². The van der Waals surface area contributed by atoms with Crippen LogP contribution in [0.5, 0.6) is 0 Å². The highest BCUT2D eigenvalue weighted by Crippen LogP contribution is 2.35. The second kappa shape index (κ2) is 2.38. The third-order valence-corrected chi connectivity index (χ3v) is 3.20. The number of nitrogens with zero attached hydrogens (tertiary/aromatic N) is 1. The molecule has 1 unspecified atom stereocenters. The summed E-state index contributed by atoms with van der Waals surface area (Å²) in [4.78, 5) is 0. The summed E-state index contributed by atoms with van der Waals surface area (Å²) in [6, 6.07) is 0.778. The molecule has 54 valence electrons. The van der Waals surface area contributed by atoms with Crippen molar-refractivity contribution in [1.82, 2.24) is 3.11 Å². The minimum absolute atomic E-state index is 0.556. The van der Waals surface area contributed by atoms with Crippen LogP contribution in [-0.4, -0.2) is 15.7 Å². The lowest BCUT2D eigenvalue weighted by molar-refractivity contribution is 0.396. The molecule has 1 aliphatic heterocycles. The number of rotatable bonds is 0. The zero-order valence-electron chi connectivity index (χ0n) is 6.32. The molecule has 1 fully saturated rings. The van der Waals surface area contributed by atoms with Crippen LogP contribution in [0.25, 0.3) is 0 Å². The molecule has 0 aromatic heterocycles. The molecule has 0 bridgehead atoms. The van der Waals surface area contributed by atoms with Crippen LogP contribution in [0.2, 0.25) is 0 Å². The monoisotopic (exact) mass is 239 g/mol. The van der Waals surface area contributed by atoms with Crippen LogP contribution in [0.3, 0.4) is 0 Å². The van der Waals surface area contributed by atoms with E-state index in [0.717, 1.165) is 6.04 Å². The van der Waals surface area contributed by atoms with Gasteiger partial charge in [0.05, 0.1) is 0 Å². The van der Waals surface area contributed by atoms with Gasteiger partial charge in [-0.3, -0.25) is 0 Å². The van der Waals surface area contributed by atoms with E-state index >= 15 is 0 Å². The number of halogens is 1. The SMILES string of the molecule is CC1CC(C)(C)CN1I. The molecule has 1 nitrogen and oxygen atoms in total. The molecule has 1 saturated heterocycles. The van der Waals surface area contributed by atoms with Crippen molar-refractivity contribution in [3.05, 3.63) is 0 Å². The molecule has 2 heteroatoms. The summed E-state index contributed by atoms with van der Waals surface area (Å²) in [5, 5.41) is 0. The first kappa shape index (κ1) is 7.79. The third kappa shape index (κ3) is 1.80. The minimum atomic E-state index is 0.556. The summed E-state index contributed by atoms with van der Waals surface area (Å²) >= 11 is 2.42. The van der Waals surface area contributed by atoms with Crippen LogP contribution in [0.15, 0.2) is 0 Å². The van der Waals surface area contributed by atoms with Gasteiger partial charge in [-0.15, -0.1) is 0 Å². The van der Waals surface area contributed by atoms with Gasteiger partial charge in [0, 0.05) is 35.5 Å². The van der Waals surface area contributed by atoms with Crippen LogP contribution >= 0.6 is 22.9 Å². The molecule has 1 rings (SSSR count). The van der Waals surface area contributed by atoms with Gasteiger partial charge in [0.1, 0.15) is 0 Å². The van der Waals surface area contributed by atoms with Gasteiger partial charge >= 0.3 is 0 Å². The molecule has 1 heterocycles. The van der Waals surface area contributed by atoms with Crippen LogP contribution < -0.4 is 0 Å². The van der Waals surface area contributed by atoms with Crippen molar-refractivity contribution in [2.75, 3.05) is 6.54 Å². The molecular formula is C7H14IN. The second-order valence-electron chi connectivity index (χ2n) is 3.78. The standard InChI is InChI=1S/C7H14IN/c1-6-4-7(2,3)5-9(6)8/h6H,4-5H2,1-3H3. The molecule has 1 atom stereocenters. The number of hydrogen-bond donors (Lipinski definition) is 0. The fourth-order valence-electron chi connectivity index (χ4n) is 1.53. The summed E-state index contributed by atoms with van der Waals surface area (Å²) in [6.07, 6.45) is 1.34. The maximum Gasteiger partial charge on any atom is 0.0204 e. The predicted molar refractivity (Wildman–Crippen MR) is 48.6 cm³/mol. The molecule has 0 aromatic rings. The summed E-state index contributed by atoms with van der Waals surface area (Å²) in [7, 11) is 0. The second-order valence-corrected chi connectivity index (χ2v) is 5.01. The molecule has 0 N–H and O–H groups in total. The van der Waals surface area contributed by atoms with Gasteiger partial charge in [-0.25, -0.2) is 3.11 Å². The zero-order valence-corrected chi connectivity index (χ0v) is 8.47. The van der Waals surface area contributed by atoms with E-state index in [1.807, 2.05) is 0 Å². The highest BCUT2D eigenvalue weighted by molar-refractivity contribution is 14.1. The van der Waals surface area contributed by atoms with E-state index in [9.17, 15) is 0 Å². The van der Waals surface area contributed by atoms with E-state index < -0.39 is 0 Å². The summed E-state index contributed by atoms with van der Waals surface area (Å²) in [5.74, 6) is 0. The van der Waals surface area contributed by atoms with Crippen molar-refractivity contribution >= 4 is 22.9 Å². The lowest BCUT2D eigenvalue weighted by atomic mass is 9.91. The predicted octanol–water partition coefficient (Wildman–Crippen LogP) is 2.46. The fraction of sp³-hybridized carbons (Fsp3) is 1.00. The first-order chi connectivity index (χ1) is 4.01. The molecule has 0 radical (unpaired) electrons. The molecule has 0 aromatic carbocycles. The van der Waals surface area contributed by atoms with Crippen LogP contribution in [0.4, 0.5) is 0 Å². The Morgan fingerprint density at radius 2 is 2.11 bits per heavy atom. The first-order valence-electron chi connectivity index (χ1n) is 3.44. The van der Waals surface area contributed by atoms with Gasteiger partial charge in [0.2, 0.25) is 0 Å². The Morgan fingerprint density at radius 3 is 2.22 bits per heavy atom. The largest absolute Gasteiger partial charge is 0.244 e. The van der Waals surface area contributed by atoms with Crippen molar-refractivity contribution < 1.29 is 0 Å². The summed E-state index contributed by atoms with van der Waals surface area (Å²) in [6.45, 7) is 8.21. The Bertz CT molecular complexity index is 99.5. The first-order valence-corrected chi connectivity index (χ1v) is 4.40. The van der Waals surface area contributed by atoms with Gasteiger partial charge in [0.15, 0.2) is 0 Å². The topological polar surface area (TPSA) is 3.24 Å². The average Bonchev–Trinajstić information content (AvgIpc) is 1.79. The van der Waals surface area contributed by atoms with E-state index in [-0.39, 0.29) is 0 Å². The Labute approximate surface area is 71.3 Å². The molecular weight excluding hydrogens is 225 g/mol. The van der Waals surface area contributed by atoms with E-state index in [0.29, 0.717) is 5.41 Å². The molecule has 9 heavy (non-hydrogen) atoms. The Hall–Kier alpha value is 0.690. The van der Waals surface area contributed by atoms with Crippen molar-refractivity contribution in [1.29, 1.82) is 0 Å². The molecule has 1 aliphatic rings. The fourth-order valence-corrected chi connectivity index (χ4v) is 2.65. The van der Waals surface area contributed by atoms with E-state index in [4.69, 9.17) is 0 Å². The smallest absolute Gasteiger partial charge is 0.0204 e. The van der Waals surface area contributed by atoms with Gasteiger partial charge in [-0.1, -0.05) is 13.8 Å². The van der Waals surface area contributed by atoms with Crippen LogP contribution in [0.1, 0.15) is 27.2 Å². The lowest BCUT2D eigenvalue weighted by Crippen LogP contribution is -2.16. The van der Waals surface area contributed by atoms with Crippen molar-refractivity contribution in [2.24, 2.45) is 5.41 Å². The van der Waals surface area contributed by atoms with Crippen LogP contribution in [0, 0.1) is 5.41 Å². The quantitative estimate of drug-likeness (QED) is 0.463. The molecule has 0 amide bonds. The minimum Gasteiger partial charge on any atom is -0.244 e. The van der Waals surface area contributed by atoms with Gasteiger partial charge in [-0.05, 0) is 18.8 Å². The van der Waals surface area contributed by atoms with E-state index in [1.54, 1.807) is 0 Å². The number of hydrogen-bond acceptors (Lipinski definition) is 1. The lowest BCUT2D eigenvalue weighted by Gasteiger charge is -2.14.